The third kappa shape index (κ3) is 3.59. The largest absolute Gasteiger partial charge is 0.493 e. The summed E-state index contributed by atoms with van der Waals surface area (Å²) in [6, 6.07) is 14.0. The number of para-hydroxylation sites is 2. The van der Waals surface area contributed by atoms with Crippen LogP contribution in [0.1, 0.15) is 17.5 Å². The standard InChI is InChI=1S/C19H20N2O2/c1-14-7-5-8-15(2)18(14)22-11-6-12-23-19-16-9-3-4-10-17(16)20-13-21-19/h3-5,7-10,13H,6,11-12H2,1-2H3. The van der Waals surface area contributed by atoms with Crippen molar-refractivity contribution in [3.05, 3.63) is 59.9 Å². The van der Waals surface area contributed by atoms with E-state index in [1.807, 2.05) is 30.3 Å². The van der Waals surface area contributed by atoms with E-state index in [0.717, 1.165) is 34.2 Å². The fourth-order valence-electron chi connectivity index (χ4n) is 2.52. The lowest BCUT2D eigenvalue weighted by molar-refractivity contribution is 0.242. The summed E-state index contributed by atoms with van der Waals surface area (Å²) in [5.41, 5.74) is 3.21. The van der Waals surface area contributed by atoms with Gasteiger partial charge in [0.1, 0.15) is 12.1 Å². The maximum atomic E-state index is 5.88. The Balaban J connectivity index is 1.54. The van der Waals surface area contributed by atoms with Crippen LogP contribution >= 0.6 is 0 Å². The average molecular weight is 308 g/mol. The Morgan fingerprint density at radius 1 is 0.826 bits per heavy atom. The Bertz CT molecular complexity index is 777. The lowest BCUT2D eigenvalue weighted by Crippen LogP contribution is -2.07. The molecule has 0 aliphatic carbocycles. The topological polar surface area (TPSA) is 44.2 Å². The van der Waals surface area contributed by atoms with Crippen LogP contribution in [0.4, 0.5) is 0 Å². The zero-order valence-electron chi connectivity index (χ0n) is 13.5. The molecule has 0 atom stereocenters. The summed E-state index contributed by atoms with van der Waals surface area (Å²) in [5, 5.41) is 0.936. The van der Waals surface area contributed by atoms with Crippen molar-refractivity contribution in [2.24, 2.45) is 0 Å². The first-order chi connectivity index (χ1) is 11.3. The van der Waals surface area contributed by atoms with E-state index in [9.17, 15) is 0 Å². The highest BCUT2D eigenvalue weighted by atomic mass is 16.5. The summed E-state index contributed by atoms with van der Waals surface area (Å²) < 4.78 is 11.7. The van der Waals surface area contributed by atoms with Gasteiger partial charge in [-0.25, -0.2) is 9.97 Å². The molecule has 0 spiro atoms. The third-order valence-corrected chi connectivity index (χ3v) is 3.69. The van der Waals surface area contributed by atoms with E-state index in [1.54, 1.807) is 0 Å². The molecule has 1 aromatic heterocycles. The van der Waals surface area contributed by atoms with Crippen molar-refractivity contribution >= 4 is 10.9 Å². The van der Waals surface area contributed by atoms with Crippen molar-refractivity contribution in [2.75, 3.05) is 13.2 Å². The van der Waals surface area contributed by atoms with Gasteiger partial charge < -0.3 is 9.47 Å². The highest BCUT2D eigenvalue weighted by Gasteiger charge is 2.05. The molecular weight excluding hydrogens is 288 g/mol. The number of benzene rings is 2. The van der Waals surface area contributed by atoms with E-state index in [-0.39, 0.29) is 0 Å². The van der Waals surface area contributed by atoms with Gasteiger partial charge in [0.2, 0.25) is 5.88 Å². The molecule has 4 nitrogen and oxygen atoms in total. The quantitative estimate of drug-likeness (QED) is 0.643. The number of aryl methyl sites for hydroxylation is 2. The Labute approximate surface area is 136 Å². The van der Waals surface area contributed by atoms with Crippen LogP contribution in [-0.2, 0) is 0 Å². The maximum absolute atomic E-state index is 5.88. The first kappa shape index (κ1) is 15.3. The molecule has 0 bridgehead atoms. The highest BCUT2D eigenvalue weighted by molar-refractivity contribution is 5.82. The van der Waals surface area contributed by atoms with Crippen LogP contribution < -0.4 is 9.47 Å². The molecule has 0 aliphatic rings. The normalized spacial score (nSPS) is 10.7. The average Bonchev–Trinajstić information content (AvgIpc) is 2.57. The number of aromatic nitrogens is 2. The minimum absolute atomic E-state index is 0.561. The van der Waals surface area contributed by atoms with Crippen LogP contribution in [0.5, 0.6) is 11.6 Å². The molecule has 2 aromatic carbocycles. The molecule has 4 heteroatoms. The van der Waals surface area contributed by atoms with E-state index in [1.165, 1.54) is 6.33 Å². The summed E-state index contributed by atoms with van der Waals surface area (Å²) in [5.74, 6) is 1.60. The molecule has 0 radical (unpaired) electrons. The maximum Gasteiger partial charge on any atom is 0.224 e. The van der Waals surface area contributed by atoms with Crippen molar-refractivity contribution in [1.29, 1.82) is 0 Å². The van der Waals surface area contributed by atoms with Crippen molar-refractivity contribution in [3.8, 4) is 11.6 Å². The number of hydrogen-bond acceptors (Lipinski definition) is 4. The minimum atomic E-state index is 0.561. The van der Waals surface area contributed by atoms with Gasteiger partial charge in [0.25, 0.3) is 0 Å². The lowest BCUT2D eigenvalue weighted by atomic mass is 10.1. The van der Waals surface area contributed by atoms with Gasteiger partial charge in [0.15, 0.2) is 0 Å². The fourth-order valence-corrected chi connectivity index (χ4v) is 2.52. The number of nitrogens with zero attached hydrogens (tertiary/aromatic N) is 2. The second-order valence-corrected chi connectivity index (χ2v) is 5.47. The number of fused-ring (bicyclic) bond motifs is 1. The summed E-state index contributed by atoms with van der Waals surface area (Å²) in [7, 11) is 0. The zero-order valence-corrected chi connectivity index (χ0v) is 13.5. The molecule has 0 unspecified atom stereocenters. The van der Waals surface area contributed by atoms with Crippen LogP contribution in [0, 0.1) is 13.8 Å². The fraction of sp³-hybridized carbons (Fsp3) is 0.263. The molecule has 3 rings (SSSR count). The molecule has 0 amide bonds. The molecule has 0 saturated heterocycles. The summed E-state index contributed by atoms with van der Waals surface area (Å²) in [4.78, 5) is 8.45. The zero-order chi connectivity index (χ0) is 16.1. The Hall–Kier alpha value is -2.62. The van der Waals surface area contributed by atoms with Crippen LogP contribution in [0.25, 0.3) is 10.9 Å². The first-order valence-corrected chi connectivity index (χ1v) is 7.77. The monoisotopic (exact) mass is 308 g/mol. The molecule has 0 saturated carbocycles. The molecule has 23 heavy (non-hydrogen) atoms. The van der Waals surface area contributed by atoms with Crippen LogP contribution in [-0.4, -0.2) is 23.2 Å². The molecule has 3 aromatic rings. The van der Waals surface area contributed by atoms with Crippen molar-refractivity contribution in [3.63, 3.8) is 0 Å². The summed E-state index contributed by atoms with van der Waals surface area (Å²) in [6.07, 6.45) is 2.33. The van der Waals surface area contributed by atoms with Gasteiger partial charge in [-0.2, -0.15) is 0 Å². The second kappa shape index (κ2) is 7.09. The molecule has 1 heterocycles. The van der Waals surface area contributed by atoms with Gasteiger partial charge in [0, 0.05) is 6.42 Å². The van der Waals surface area contributed by atoms with Crippen molar-refractivity contribution in [1.82, 2.24) is 9.97 Å². The van der Waals surface area contributed by atoms with E-state index in [0.29, 0.717) is 19.1 Å². The molecule has 0 N–H and O–H groups in total. The molecular formula is C19H20N2O2. The van der Waals surface area contributed by atoms with E-state index >= 15 is 0 Å². The van der Waals surface area contributed by atoms with Crippen molar-refractivity contribution in [2.45, 2.75) is 20.3 Å². The van der Waals surface area contributed by atoms with Crippen LogP contribution in [0.15, 0.2) is 48.8 Å². The smallest absolute Gasteiger partial charge is 0.224 e. The predicted octanol–water partition coefficient (Wildman–Crippen LogP) is 4.09. The Morgan fingerprint density at radius 3 is 2.39 bits per heavy atom. The first-order valence-electron chi connectivity index (χ1n) is 7.77. The molecule has 118 valence electrons. The van der Waals surface area contributed by atoms with E-state index in [2.05, 4.69) is 35.9 Å². The van der Waals surface area contributed by atoms with Crippen molar-refractivity contribution < 1.29 is 9.47 Å². The number of ether oxygens (including phenoxy) is 2. The van der Waals surface area contributed by atoms with E-state index in [4.69, 9.17) is 9.47 Å². The number of rotatable bonds is 6. The Morgan fingerprint density at radius 2 is 1.57 bits per heavy atom. The third-order valence-electron chi connectivity index (χ3n) is 3.69. The highest BCUT2D eigenvalue weighted by Crippen LogP contribution is 2.23. The minimum Gasteiger partial charge on any atom is -0.493 e. The summed E-state index contributed by atoms with van der Waals surface area (Å²) >= 11 is 0. The lowest BCUT2D eigenvalue weighted by Gasteiger charge is -2.12. The second-order valence-electron chi connectivity index (χ2n) is 5.47. The van der Waals surface area contributed by atoms with Gasteiger partial charge in [-0.3, -0.25) is 0 Å². The van der Waals surface area contributed by atoms with Gasteiger partial charge in [-0.15, -0.1) is 0 Å². The van der Waals surface area contributed by atoms with E-state index < -0.39 is 0 Å². The molecule has 0 fully saturated rings. The van der Waals surface area contributed by atoms with Gasteiger partial charge in [-0.05, 0) is 37.1 Å². The van der Waals surface area contributed by atoms with Crippen LogP contribution in [0.2, 0.25) is 0 Å². The van der Waals surface area contributed by atoms with Gasteiger partial charge in [0.05, 0.1) is 24.1 Å². The molecule has 0 aliphatic heterocycles. The van der Waals surface area contributed by atoms with Gasteiger partial charge >= 0.3 is 0 Å². The SMILES string of the molecule is Cc1cccc(C)c1OCCCOc1ncnc2ccccc12. The predicted molar refractivity (Wildman–Crippen MR) is 91.1 cm³/mol. The number of hydrogen-bond donors (Lipinski definition) is 0. The van der Waals surface area contributed by atoms with Gasteiger partial charge in [-0.1, -0.05) is 30.3 Å². The summed E-state index contributed by atoms with van der Waals surface area (Å²) in [6.45, 7) is 5.30. The Kier molecular flexibility index (Phi) is 4.71. The van der Waals surface area contributed by atoms with Crippen LogP contribution in [0.3, 0.4) is 0 Å².